The van der Waals surface area contributed by atoms with Crippen molar-refractivity contribution < 1.29 is 27.9 Å². The molecular weight excluding hydrogens is 477 g/mol. The number of amides is 2. The van der Waals surface area contributed by atoms with Gasteiger partial charge in [0.1, 0.15) is 0 Å². The molecule has 2 amide bonds. The average molecular weight is 502 g/mol. The van der Waals surface area contributed by atoms with E-state index in [-0.39, 0.29) is 37.1 Å². The van der Waals surface area contributed by atoms with E-state index in [1.807, 2.05) is 6.92 Å². The molecule has 3 aromatic rings. The first-order valence-electron chi connectivity index (χ1n) is 11.3. The first kappa shape index (κ1) is 25.3. The van der Waals surface area contributed by atoms with Crippen molar-refractivity contribution in [2.45, 2.75) is 52.1 Å². The third kappa shape index (κ3) is 5.08. The Morgan fingerprint density at radius 2 is 2.00 bits per heavy atom. The van der Waals surface area contributed by atoms with Crippen LogP contribution in [0, 0.1) is 6.92 Å². The number of fused-ring (bicyclic) bond motifs is 1. The normalized spacial score (nSPS) is 15.1. The van der Waals surface area contributed by atoms with Gasteiger partial charge in [0.2, 0.25) is 5.91 Å². The van der Waals surface area contributed by atoms with Crippen LogP contribution in [0.2, 0.25) is 0 Å². The minimum atomic E-state index is -4.50. The first-order valence-corrected chi connectivity index (χ1v) is 11.3. The number of carbonyl (C=O) groups excluding carboxylic acids is 2. The second-order valence-electron chi connectivity index (χ2n) is 8.80. The van der Waals surface area contributed by atoms with E-state index >= 15 is 0 Å². The Labute approximate surface area is 205 Å². The van der Waals surface area contributed by atoms with Crippen LogP contribution >= 0.6 is 0 Å². The van der Waals surface area contributed by atoms with Crippen molar-refractivity contribution in [2.24, 2.45) is 0 Å². The average Bonchev–Trinajstić information content (AvgIpc) is 3.43. The number of aliphatic hydroxyl groups excluding tert-OH is 1. The van der Waals surface area contributed by atoms with Crippen LogP contribution in [0.1, 0.15) is 58.2 Å². The van der Waals surface area contributed by atoms with Crippen LogP contribution in [0.3, 0.4) is 0 Å². The maximum atomic E-state index is 13.2. The van der Waals surface area contributed by atoms with Gasteiger partial charge in [-0.2, -0.15) is 18.3 Å². The SMILES string of the molecule is Cc1cc(C(C)N2Cc3c(ccnc3CC(=O)NC[C@@H](C)O)C2=O)cnc1-n1cc(C(F)(F)F)cn1. The van der Waals surface area contributed by atoms with Gasteiger partial charge < -0.3 is 15.3 Å². The Balaban J connectivity index is 1.53. The Hall–Kier alpha value is -3.80. The van der Waals surface area contributed by atoms with Gasteiger partial charge in [-0.05, 0) is 44.0 Å². The molecule has 36 heavy (non-hydrogen) atoms. The summed E-state index contributed by atoms with van der Waals surface area (Å²) >= 11 is 0. The number of carbonyl (C=O) groups is 2. The highest BCUT2D eigenvalue weighted by Crippen LogP contribution is 2.33. The van der Waals surface area contributed by atoms with Crippen LogP contribution < -0.4 is 5.32 Å². The number of nitrogens with one attached hydrogen (secondary N) is 1. The van der Waals surface area contributed by atoms with E-state index < -0.39 is 23.9 Å². The molecule has 0 spiro atoms. The highest BCUT2D eigenvalue weighted by atomic mass is 19.4. The monoisotopic (exact) mass is 502 g/mol. The summed E-state index contributed by atoms with van der Waals surface area (Å²) in [4.78, 5) is 35.6. The summed E-state index contributed by atoms with van der Waals surface area (Å²) < 4.78 is 39.9. The predicted octanol–water partition coefficient (Wildman–Crippen LogP) is 2.75. The van der Waals surface area contributed by atoms with Gasteiger partial charge in [0.05, 0.1) is 36.0 Å². The number of aryl methyl sites for hydroxylation is 1. The summed E-state index contributed by atoms with van der Waals surface area (Å²) in [5, 5.41) is 15.8. The van der Waals surface area contributed by atoms with Crippen molar-refractivity contribution in [3.05, 3.63) is 70.4 Å². The Bertz CT molecular complexity index is 1300. The van der Waals surface area contributed by atoms with Crippen molar-refractivity contribution in [1.29, 1.82) is 0 Å². The van der Waals surface area contributed by atoms with Gasteiger partial charge in [0.15, 0.2) is 5.82 Å². The highest BCUT2D eigenvalue weighted by molar-refractivity contribution is 5.99. The number of rotatable bonds is 7. The lowest BCUT2D eigenvalue weighted by atomic mass is 10.1. The number of halogens is 3. The van der Waals surface area contributed by atoms with Crippen LogP contribution in [0.15, 0.2) is 36.9 Å². The molecule has 1 aliphatic heterocycles. The third-order valence-corrected chi connectivity index (χ3v) is 6.04. The second kappa shape index (κ2) is 9.69. The smallest absolute Gasteiger partial charge is 0.392 e. The van der Waals surface area contributed by atoms with Gasteiger partial charge >= 0.3 is 6.18 Å². The van der Waals surface area contributed by atoms with Gasteiger partial charge in [-0.15, -0.1) is 0 Å². The number of hydrogen-bond acceptors (Lipinski definition) is 6. The number of pyridine rings is 2. The van der Waals surface area contributed by atoms with Gasteiger partial charge in [-0.3, -0.25) is 14.6 Å². The topological polar surface area (TPSA) is 113 Å². The fourth-order valence-corrected chi connectivity index (χ4v) is 4.07. The van der Waals surface area contributed by atoms with E-state index in [9.17, 15) is 27.9 Å². The van der Waals surface area contributed by atoms with Gasteiger partial charge in [0, 0.05) is 42.8 Å². The molecule has 1 aliphatic rings. The maximum Gasteiger partial charge on any atom is 0.419 e. The zero-order valence-corrected chi connectivity index (χ0v) is 19.9. The van der Waals surface area contributed by atoms with Crippen LogP contribution in [-0.4, -0.2) is 54.2 Å². The Morgan fingerprint density at radius 1 is 1.25 bits per heavy atom. The third-order valence-electron chi connectivity index (χ3n) is 6.04. The molecule has 9 nitrogen and oxygen atoms in total. The standard InChI is InChI=1S/C24H25F3N6O3/c1-13-6-16(9-30-22(13)33-11-17(10-31-33)24(25,26)27)15(3)32-12-19-18(23(32)36)4-5-28-20(19)7-21(35)29-8-14(2)34/h4-6,9-11,14-15,34H,7-8,12H2,1-3H3,(H,29,35)/t14-,15?/m1/s1. The first-order chi connectivity index (χ1) is 17.0. The largest absolute Gasteiger partial charge is 0.419 e. The molecule has 0 saturated carbocycles. The predicted molar refractivity (Wildman–Crippen MR) is 122 cm³/mol. The number of alkyl halides is 3. The fraction of sp³-hybridized carbons (Fsp3) is 0.375. The molecule has 3 aromatic heterocycles. The molecule has 4 rings (SSSR count). The summed E-state index contributed by atoms with van der Waals surface area (Å²) in [6, 6.07) is 2.98. The minimum Gasteiger partial charge on any atom is -0.392 e. The molecule has 1 unspecified atom stereocenters. The molecular formula is C24H25F3N6O3. The van der Waals surface area contributed by atoms with Crippen molar-refractivity contribution in [3.63, 3.8) is 0 Å². The van der Waals surface area contributed by atoms with E-state index in [2.05, 4.69) is 20.4 Å². The number of aromatic nitrogens is 4. The van der Waals surface area contributed by atoms with E-state index in [1.54, 1.807) is 30.9 Å². The molecule has 0 fully saturated rings. The summed E-state index contributed by atoms with van der Waals surface area (Å²) in [5.41, 5.74) is 2.04. The summed E-state index contributed by atoms with van der Waals surface area (Å²) in [6.45, 7) is 5.47. The summed E-state index contributed by atoms with van der Waals surface area (Å²) in [5.74, 6) is -0.264. The molecule has 0 radical (unpaired) electrons. The van der Waals surface area contributed by atoms with Crippen LogP contribution in [0.4, 0.5) is 13.2 Å². The maximum absolute atomic E-state index is 13.2. The van der Waals surface area contributed by atoms with Crippen molar-refractivity contribution in [1.82, 2.24) is 30.0 Å². The molecule has 2 N–H and O–H groups in total. The lowest BCUT2D eigenvalue weighted by Crippen LogP contribution is -2.32. The molecule has 2 atom stereocenters. The van der Waals surface area contributed by atoms with E-state index in [0.717, 1.165) is 17.1 Å². The lowest BCUT2D eigenvalue weighted by Gasteiger charge is -2.25. The number of nitrogens with zero attached hydrogens (tertiary/aromatic N) is 5. The summed E-state index contributed by atoms with van der Waals surface area (Å²) in [7, 11) is 0. The van der Waals surface area contributed by atoms with Gasteiger partial charge in [-0.1, -0.05) is 0 Å². The molecule has 4 heterocycles. The molecule has 12 heteroatoms. The van der Waals surface area contributed by atoms with Crippen molar-refractivity contribution >= 4 is 11.8 Å². The van der Waals surface area contributed by atoms with Crippen LogP contribution in [0.25, 0.3) is 5.82 Å². The second-order valence-corrected chi connectivity index (χ2v) is 8.80. The Kier molecular flexibility index (Phi) is 6.81. The Morgan fingerprint density at radius 3 is 2.64 bits per heavy atom. The molecule has 190 valence electrons. The van der Waals surface area contributed by atoms with Crippen molar-refractivity contribution in [2.75, 3.05) is 6.54 Å². The zero-order valence-electron chi connectivity index (χ0n) is 19.9. The summed E-state index contributed by atoms with van der Waals surface area (Å²) in [6.07, 6.45) is -0.575. The molecule has 0 aromatic carbocycles. The zero-order chi connectivity index (χ0) is 26.2. The number of aliphatic hydroxyl groups is 1. The molecule has 0 bridgehead atoms. The van der Waals surface area contributed by atoms with Crippen molar-refractivity contribution in [3.8, 4) is 5.82 Å². The molecule has 0 aliphatic carbocycles. The van der Waals surface area contributed by atoms with Gasteiger partial charge in [0.25, 0.3) is 5.91 Å². The van der Waals surface area contributed by atoms with E-state index in [1.165, 1.54) is 12.4 Å². The number of hydrogen-bond donors (Lipinski definition) is 2. The highest BCUT2D eigenvalue weighted by Gasteiger charge is 2.35. The van der Waals surface area contributed by atoms with E-state index in [4.69, 9.17) is 0 Å². The van der Waals surface area contributed by atoms with E-state index in [0.29, 0.717) is 27.9 Å². The molecule has 0 saturated heterocycles. The quantitative estimate of drug-likeness (QED) is 0.514. The van der Waals surface area contributed by atoms with Gasteiger partial charge in [-0.25, -0.2) is 9.67 Å². The minimum absolute atomic E-state index is 0.0233. The van der Waals surface area contributed by atoms with Crippen LogP contribution in [-0.2, 0) is 23.9 Å². The fourth-order valence-electron chi connectivity index (χ4n) is 4.07. The van der Waals surface area contributed by atoms with Crippen LogP contribution in [0.5, 0.6) is 0 Å². The lowest BCUT2D eigenvalue weighted by molar-refractivity contribution is -0.137.